The van der Waals surface area contributed by atoms with E-state index in [9.17, 15) is 0 Å². The molecule has 104 valence electrons. The van der Waals surface area contributed by atoms with E-state index in [-0.39, 0.29) is 5.60 Å². The summed E-state index contributed by atoms with van der Waals surface area (Å²) in [5.74, 6) is 0. The lowest BCUT2D eigenvalue weighted by Gasteiger charge is -2.22. The number of methoxy groups -OCH3 is 2. The molecule has 0 aromatic heterocycles. The summed E-state index contributed by atoms with van der Waals surface area (Å²) in [5.41, 5.74) is -0.0176. The molecule has 0 aliphatic rings. The van der Waals surface area contributed by atoms with E-state index >= 15 is 0 Å². The molecule has 0 aromatic carbocycles. The minimum atomic E-state index is -0.0176. The number of rotatable bonds is 12. The van der Waals surface area contributed by atoms with Crippen LogP contribution < -0.4 is 5.32 Å². The van der Waals surface area contributed by atoms with E-state index in [1.807, 2.05) is 0 Å². The van der Waals surface area contributed by atoms with Gasteiger partial charge in [0.2, 0.25) is 0 Å². The average molecular weight is 247 g/mol. The topological polar surface area (TPSA) is 39.7 Å². The lowest BCUT2D eigenvalue weighted by atomic mass is 10.1. The largest absolute Gasteiger partial charge is 0.382 e. The molecule has 4 heteroatoms. The normalized spacial score (nSPS) is 12.0. The summed E-state index contributed by atoms with van der Waals surface area (Å²) >= 11 is 0. The van der Waals surface area contributed by atoms with Gasteiger partial charge in [0.1, 0.15) is 0 Å². The maximum Gasteiger partial charge on any atom is 0.0700 e. The van der Waals surface area contributed by atoms with Crippen LogP contribution in [0, 0.1) is 0 Å². The molecule has 0 aliphatic heterocycles. The van der Waals surface area contributed by atoms with Crippen LogP contribution in [0.2, 0.25) is 0 Å². The molecule has 0 saturated heterocycles. The lowest BCUT2D eigenvalue weighted by molar-refractivity contribution is 0.0158. The fraction of sp³-hybridized carbons (Fsp3) is 1.00. The van der Waals surface area contributed by atoms with Crippen molar-refractivity contribution in [3.8, 4) is 0 Å². The Morgan fingerprint density at radius 3 is 2.35 bits per heavy atom. The molecule has 0 rings (SSSR count). The summed E-state index contributed by atoms with van der Waals surface area (Å²) in [6.07, 6.45) is 3.29. The highest BCUT2D eigenvalue weighted by Crippen LogP contribution is 2.11. The molecule has 0 heterocycles. The van der Waals surface area contributed by atoms with Crippen molar-refractivity contribution in [2.45, 2.75) is 38.7 Å². The number of hydrogen-bond acceptors (Lipinski definition) is 4. The van der Waals surface area contributed by atoms with Gasteiger partial charge >= 0.3 is 0 Å². The summed E-state index contributed by atoms with van der Waals surface area (Å²) in [7, 11) is 3.45. The van der Waals surface area contributed by atoms with E-state index in [1.165, 1.54) is 0 Å². The molecule has 17 heavy (non-hydrogen) atoms. The molecule has 0 atom stereocenters. The molecule has 0 spiro atoms. The second-order valence-electron chi connectivity index (χ2n) is 4.78. The van der Waals surface area contributed by atoms with Gasteiger partial charge < -0.3 is 19.5 Å². The lowest BCUT2D eigenvalue weighted by Crippen LogP contribution is -2.29. The Bertz CT molecular complexity index is 163. The molecule has 0 fully saturated rings. The maximum atomic E-state index is 5.38. The van der Waals surface area contributed by atoms with Gasteiger partial charge in [-0.05, 0) is 46.2 Å². The molecular weight excluding hydrogens is 218 g/mol. The quantitative estimate of drug-likeness (QED) is 0.534. The highest BCUT2D eigenvalue weighted by atomic mass is 16.5. The number of nitrogens with one attached hydrogen (secondary N) is 1. The van der Waals surface area contributed by atoms with Crippen molar-refractivity contribution in [2.24, 2.45) is 0 Å². The van der Waals surface area contributed by atoms with Gasteiger partial charge in [0, 0.05) is 20.8 Å². The smallest absolute Gasteiger partial charge is 0.0700 e. The van der Waals surface area contributed by atoms with E-state index in [4.69, 9.17) is 14.2 Å². The van der Waals surface area contributed by atoms with E-state index in [1.54, 1.807) is 14.2 Å². The van der Waals surface area contributed by atoms with Crippen molar-refractivity contribution in [1.82, 2.24) is 5.32 Å². The average Bonchev–Trinajstić information content (AvgIpc) is 2.31. The van der Waals surface area contributed by atoms with Gasteiger partial charge in [-0.2, -0.15) is 0 Å². The second-order valence-corrected chi connectivity index (χ2v) is 4.78. The first-order valence-corrected chi connectivity index (χ1v) is 6.45. The molecule has 0 bridgehead atoms. The molecule has 0 radical (unpaired) electrons. The fourth-order valence-corrected chi connectivity index (χ4v) is 1.31. The minimum absolute atomic E-state index is 0.0176. The second kappa shape index (κ2) is 11.0. The van der Waals surface area contributed by atoms with Crippen molar-refractivity contribution in [2.75, 3.05) is 47.1 Å². The van der Waals surface area contributed by atoms with E-state index in [2.05, 4.69) is 19.2 Å². The zero-order valence-electron chi connectivity index (χ0n) is 11.9. The Morgan fingerprint density at radius 1 is 0.941 bits per heavy atom. The third kappa shape index (κ3) is 12.1. The van der Waals surface area contributed by atoms with Crippen molar-refractivity contribution in [3.05, 3.63) is 0 Å². The highest BCUT2D eigenvalue weighted by molar-refractivity contribution is 4.68. The summed E-state index contributed by atoms with van der Waals surface area (Å²) < 4.78 is 15.6. The molecule has 0 aromatic rings. The Hall–Kier alpha value is -0.160. The zero-order valence-corrected chi connectivity index (χ0v) is 11.9. The Labute approximate surface area is 106 Å². The molecule has 4 nitrogen and oxygen atoms in total. The third-order valence-corrected chi connectivity index (χ3v) is 2.78. The van der Waals surface area contributed by atoms with E-state index in [0.29, 0.717) is 13.2 Å². The standard InChI is InChI=1S/C13H29NO3/c1-13(2,16-4)7-9-14-8-5-6-10-17-12-11-15-3/h14H,5-12H2,1-4H3. The number of hydrogen-bond donors (Lipinski definition) is 1. The summed E-state index contributed by atoms with van der Waals surface area (Å²) in [6.45, 7) is 8.49. The van der Waals surface area contributed by atoms with Crippen LogP contribution in [0.1, 0.15) is 33.1 Å². The van der Waals surface area contributed by atoms with Crippen molar-refractivity contribution in [1.29, 1.82) is 0 Å². The Balaban J connectivity index is 3.09. The predicted octanol–water partition coefficient (Wildman–Crippen LogP) is 1.83. The third-order valence-electron chi connectivity index (χ3n) is 2.78. The maximum absolute atomic E-state index is 5.38. The monoisotopic (exact) mass is 247 g/mol. The van der Waals surface area contributed by atoms with Gasteiger partial charge in [-0.1, -0.05) is 0 Å². The van der Waals surface area contributed by atoms with E-state index in [0.717, 1.165) is 39.0 Å². The van der Waals surface area contributed by atoms with Gasteiger partial charge in [-0.15, -0.1) is 0 Å². The fourth-order valence-electron chi connectivity index (χ4n) is 1.31. The van der Waals surface area contributed by atoms with Gasteiger partial charge in [-0.25, -0.2) is 0 Å². The van der Waals surface area contributed by atoms with Gasteiger partial charge in [0.15, 0.2) is 0 Å². The van der Waals surface area contributed by atoms with Crippen molar-refractivity contribution in [3.63, 3.8) is 0 Å². The van der Waals surface area contributed by atoms with Gasteiger partial charge in [0.05, 0.1) is 18.8 Å². The molecular formula is C13H29NO3. The first-order valence-electron chi connectivity index (χ1n) is 6.45. The first-order chi connectivity index (χ1) is 8.12. The SMILES string of the molecule is COCCOCCCCNCCC(C)(C)OC. The van der Waals surface area contributed by atoms with Crippen LogP contribution in [0.4, 0.5) is 0 Å². The van der Waals surface area contributed by atoms with Crippen LogP contribution in [-0.2, 0) is 14.2 Å². The number of ether oxygens (including phenoxy) is 3. The molecule has 0 unspecified atom stereocenters. The Kier molecular flexibility index (Phi) is 10.9. The van der Waals surface area contributed by atoms with Crippen molar-refractivity contribution < 1.29 is 14.2 Å². The summed E-state index contributed by atoms with van der Waals surface area (Å²) in [5, 5.41) is 3.42. The summed E-state index contributed by atoms with van der Waals surface area (Å²) in [6, 6.07) is 0. The molecule has 1 N–H and O–H groups in total. The zero-order chi connectivity index (χ0) is 13.0. The van der Waals surface area contributed by atoms with Crippen LogP contribution in [0.25, 0.3) is 0 Å². The molecule has 0 saturated carbocycles. The van der Waals surface area contributed by atoms with Crippen LogP contribution >= 0.6 is 0 Å². The predicted molar refractivity (Wildman–Crippen MR) is 70.5 cm³/mol. The minimum Gasteiger partial charge on any atom is -0.382 e. The highest BCUT2D eigenvalue weighted by Gasteiger charge is 2.14. The van der Waals surface area contributed by atoms with Gasteiger partial charge in [-0.3, -0.25) is 0 Å². The van der Waals surface area contributed by atoms with Crippen LogP contribution in [0.3, 0.4) is 0 Å². The first kappa shape index (κ1) is 16.8. The van der Waals surface area contributed by atoms with Crippen LogP contribution in [0.15, 0.2) is 0 Å². The summed E-state index contributed by atoms with van der Waals surface area (Å²) in [4.78, 5) is 0. The van der Waals surface area contributed by atoms with Crippen LogP contribution in [-0.4, -0.2) is 52.7 Å². The Morgan fingerprint density at radius 2 is 1.71 bits per heavy atom. The molecule has 0 aliphatic carbocycles. The van der Waals surface area contributed by atoms with E-state index < -0.39 is 0 Å². The van der Waals surface area contributed by atoms with Crippen LogP contribution in [0.5, 0.6) is 0 Å². The molecule has 0 amide bonds. The number of unbranched alkanes of at least 4 members (excludes halogenated alkanes) is 1. The van der Waals surface area contributed by atoms with Gasteiger partial charge in [0.25, 0.3) is 0 Å². The van der Waals surface area contributed by atoms with Crippen molar-refractivity contribution >= 4 is 0 Å².